The number of aromatic nitrogens is 2. The fraction of sp³-hybridized carbons (Fsp3) is 0.526. The van der Waals surface area contributed by atoms with E-state index in [9.17, 15) is 9.59 Å². The molecule has 1 N–H and O–H groups in total. The number of hydrogen-bond donors (Lipinski definition) is 1. The molecule has 0 aliphatic carbocycles. The summed E-state index contributed by atoms with van der Waals surface area (Å²) in [4.78, 5) is 30.1. The third-order valence-corrected chi connectivity index (χ3v) is 4.88. The number of carbonyl (C=O) groups excluding carboxylic acids is 2. The predicted octanol–water partition coefficient (Wildman–Crippen LogP) is 2.33. The number of piperidine rings is 1. The maximum absolute atomic E-state index is 12.2. The van der Waals surface area contributed by atoms with Gasteiger partial charge in [-0.1, -0.05) is 12.1 Å². The lowest BCUT2D eigenvalue weighted by Gasteiger charge is -2.34. The number of hydrogen-bond acceptors (Lipinski definition) is 3. The van der Waals surface area contributed by atoms with Gasteiger partial charge in [0.25, 0.3) is 0 Å². The number of likely N-dealkylation sites (tertiary alicyclic amines) is 1. The second-order valence-corrected chi connectivity index (χ2v) is 6.70. The van der Waals surface area contributed by atoms with E-state index in [1.54, 1.807) is 6.92 Å². The lowest BCUT2D eigenvalue weighted by atomic mass is 9.99. The van der Waals surface area contributed by atoms with Crippen LogP contribution in [0.4, 0.5) is 0 Å². The summed E-state index contributed by atoms with van der Waals surface area (Å²) in [6.07, 6.45) is 6.17. The van der Waals surface area contributed by atoms with Crippen LogP contribution in [-0.4, -0.2) is 45.4 Å². The Balaban J connectivity index is 1.42. The molecule has 1 aromatic heterocycles. The van der Waals surface area contributed by atoms with Crippen molar-refractivity contribution in [1.29, 1.82) is 0 Å². The predicted molar refractivity (Wildman–Crippen MR) is 97.0 cm³/mol. The molecule has 0 saturated carbocycles. The van der Waals surface area contributed by atoms with Crippen molar-refractivity contribution in [2.45, 2.75) is 51.6 Å². The first kappa shape index (κ1) is 17.5. The van der Waals surface area contributed by atoms with E-state index in [4.69, 9.17) is 0 Å². The molecule has 1 aromatic carbocycles. The van der Waals surface area contributed by atoms with Crippen molar-refractivity contribution in [2.75, 3.05) is 13.1 Å². The molecule has 1 saturated heterocycles. The highest BCUT2D eigenvalue weighted by molar-refractivity contribution is 5.79. The average Bonchev–Trinajstić information content (AvgIpc) is 3.02. The molecule has 1 aliphatic heterocycles. The van der Waals surface area contributed by atoms with Gasteiger partial charge in [-0.25, -0.2) is 4.98 Å². The van der Waals surface area contributed by atoms with Crippen molar-refractivity contribution < 1.29 is 9.59 Å². The maximum atomic E-state index is 12.2. The third kappa shape index (κ3) is 4.38. The van der Waals surface area contributed by atoms with Crippen LogP contribution in [-0.2, 0) is 16.1 Å². The highest BCUT2D eigenvalue weighted by Gasteiger charge is 2.26. The van der Waals surface area contributed by atoms with Gasteiger partial charge in [0.05, 0.1) is 17.4 Å². The fourth-order valence-corrected chi connectivity index (χ4v) is 3.58. The quantitative estimate of drug-likeness (QED) is 0.819. The standard InChI is InChI=1S/C19H26N4O2/c1-15(24)23-12-5-4-7-16(23)13-19(25)20-10-6-11-22-14-21-17-8-2-3-9-18(17)22/h2-3,8-9,14,16H,4-7,10-13H2,1H3,(H,20,25)/t16-/m0/s1. The first-order chi connectivity index (χ1) is 12.1. The smallest absolute Gasteiger partial charge is 0.222 e. The van der Waals surface area contributed by atoms with E-state index in [1.165, 1.54) is 0 Å². The third-order valence-electron chi connectivity index (χ3n) is 4.88. The molecule has 0 radical (unpaired) electrons. The number of para-hydroxylation sites is 2. The van der Waals surface area contributed by atoms with E-state index < -0.39 is 0 Å². The Morgan fingerprint density at radius 2 is 2.12 bits per heavy atom. The van der Waals surface area contributed by atoms with Crippen molar-refractivity contribution in [3.05, 3.63) is 30.6 Å². The van der Waals surface area contributed by atoms with E-state index in [0.29, 0.717) is 13.0 Å². The van der Waals surface area contributed by atoms with Crippen molar-refractivity contribution in [3.63, 3.8) is 0 Å². The summed E-state index contributed by atoms with van der Waals surface area (Å²) in [5.74, 6) is 0.109. The molecule has 0 bridgehead atoms. The summed E-state index contributed by atoms with van der Waals surface area (Å²) in [5, 5.41) is 2.99. The van der Waals surface area contributed by atoms with Crippen molar-refractivity contribution in [3.8, 4) is 0 Å². The van der Waals surface area contributed by atoms with Crippen LogP contribution in [0.3, 0.4) is 0 Å². The molecule has 6 heteroatoms. The van der Waals surface area contributed by atoms with Crippen LogP contribution in [0.15, 0.2) is 30.6 Å². The molecule has 25 heavy (non-hydrogen) atoms. The molecule has 0 unspecified atom stereocenters. The van der Waals surface area contributed by atoms with E-state index in [2.05, 4.69) is 20.9 Å². The number of nitrogens with zero attached hydrogens (tertiary/aromatic N) is 3. The summed E-state index contributed by atoms with van der Waals surface area (Å²) in [6, 6.07) is 8.10. The number of carbonyl (C=O) groups is 2. The second kappa shape index (κ2) is 8.14. The van der Waals surface area contributed by atoms with Gasteiger partial charge in [-0.15, -0.1) is 0 Å². The Kier molecular flexibility index (Phi) is 5.68. The Labute approximate surface area is 148 Å². The Morgan fingerprint density at radius 1 is 1.28 bits per heavy atom. The normalized spacial score (nSPS) is 17.6. The summed E-state index contributed by atoms with van der Waals surface area (Å²) < 4.78 is 2.11. The molecule has 0 spiro atoms. The van der Waals surface area contributed by atoms with Crippen LogP contribution in [0, 0.1) is 0 Å². The number of imidazole rings is 1. The van der Waals surface area contributed by atoms with Gasteiger partial charge in [-0.05, 0) is 37.8 Å². The minimum atomic E-state index is 0.0358. The molecule has 134 valence electrons. The summed E-state index contributed by atoms with van der Waals surface area (Å²) >= 11 is 0. The monoisotopic (exact) mass is 342 g/mol. The summed E-state index contributed by atoms with van der Waals surface area (Å²) in [6.45, 7) is 3.83. The van der Waals surface area contributed by atoms with Crippen LogP contribution in [0.5, 0.6) is 0 Å². The molecular weight excluding hydrogens is 316 g/mol. The molecule has 2 amide bonds. The fourth-order valence-electron chi connectivity index (χ4n) is 3.58. The Morgan fingerprint density at radius 3 is 2.96 bits per heavy atom. The molecule has 2 heterocycles. The number of amides is 2. The molecule has 1 atom stereocenters. The average molecular weight is 342 g/mol. The van der Waals surface area contributed by atoms with Gasteiger partial charge < -0.3 is 14.8 Å². The number of fused-ring (bicyclic) bond motifs is 1. The number of benzene rings is 1. The van der Waals surface area contributed by atoms with Crippen LogP contribution in [0.1, 0.15) is 39.0 Å². The molecular formula is C19H26N4O2. The van der Waals surface area contributed by atoms with Gasteiger partial charge in [-0.2, -0.15) is 0 Å². The molecule has 1 aliphatic rings. The molecule has 3 rings (SSSR count). The minimum absolute atomic E-state index is 0.0358. The molecule has 6 nitrogen and oxygen atoms in total. The first-order valence-corrected chi connectivity index (χ1v) is 9.09. The van der Waals surface area contributed by atoms with E-state index in [-0.39, 0.29) is 17.9 Å². The summed E-state index contributed by atoms with van der Waals surface area (Å²) in [5.41, 5.74) is 2.11. The number of nitrogens with one attached hydrogen (secondary N) is 1. The Hall–Kier alpha value is -2.37. The van der Waals surface area contributed by atoms with Gasteiger partial charge in [0.2, 0.25) is 11.8 Å². The number of rotatable bonds is 6. The van der Waals surface area contributed by atoms with Gasteiger partial charge >= 0.3 is 0 Å². The zero-order valence-corrected chi connectivity index (χ0v) is 14.8. The topological polar surface area (TPSA) is 67.2 Å². The molecule has 2 aromatic rings. The summed E-state index contributed by atoms with van der Waals surface area (Å²) in [7, 11) is 0. The van der Waals surface area contributed by atoms with Gasteiger partial charge in [0.1, 0.15) is 0 Å². The van der Waals surface area contributed by atoms with Gasteiger partial charge in [0, 0.05) is 39.0 Å². The lowest BCUT2D eigenvalue weighted by molar-refractivity contribution is -0.134. The van der Waals surface area contributed by atoms with Crippen molar-refractivity contribution in [1.82, 2.24) is 19.8 Å². The highest BCUT2D eigenvalue weighted by Crippen LogP contribution is 2.19. The zero-order chi connectivity index (χ0) is 17.6. The minimum Gasteiger partial charge on any atom is -0.356 e. The van der Waals surface area contributed by atoms with Crippen molar-refractivity contribution >= 4 is 22.8 Å². The van der Waals surface area contributed by atoms with E-state index >= 15 is 0 Å². The van der Waals surface area contributed by atoms with Crippen LogP contribution >= 0.6 is 0 Å². The first-order valence-electron chi connectivity index (χ1n) is 9.09. The van der Waals surface area contributed by atoms with Crippen LogP contribution in [0.2, 0.25) is 0 Å². The van der Waals surface area contributed by atoms with Gasteiger partial charge in [-0.3, -0.25) is 9.59 Å². The zero-order valence-electron chi connectivity index (χ0n) is 14.8. The maximum Gasteiger partial charge on any atom is 0.222 e. The van der Waals surface area contributed by atoms with Crippen molar-refractivity contribution in [2.24, 2.45) is 0 Å². The van der Waals surface area contributed by atoms with Crippen LogP contribution in [0.25, 0.3) is 11.0 Å². The van der Waals surface area contributed by atoms with Gasteiger partial charge in [0.15, 0.2) is 0 Å². The van der Waals surface area contributed by atoms with E-state index in [1.807, 2.05) is 29.4 Å². The molecule has 1 fully saturated rings. The van der Waals surface area contributed by atoms with E-state index in [0.717, 1.165) is 49.8 Å². The largest absolute Gasteiger partial charge is 0.356 e. The Bertz CT molecular complexity index is 740. The second-order valence-electron chi connectivity index (χ2n) is 6.70. The number of aryl methyl sites for hydroxylation is 1. The highest BCUT2D eigenvalue weighted by atomic mass is 16.2. The lowest BCUT2D eigenvalue weighted by Crippen LogP contribution is -2.45. The van der Waals surface area contributed by atoms with Crippen LogP contribution < -0.4 is 5.32 Å². The SMILES string of the molecule is CC(=O)N1CCCC[C@H]1CC(=O)NCCCn1cnc2ccccc21.